The lowest BCUT2D eigenvalue weighted by atomic mass is 10.1. The molecule has 0 saturated carbocycles. The van der Waals surface area contributed by atoms with Gasteiger partial charge in [0.15, 0.2) is 0 Å². The van der Waals surface area contributed by atoms with Gasteiger partial charge in [-0.2, -0.15) is 0 Å². The summed E-state index contributed by atoms with van der Waals surface area (Å²) in [6, 6.07) is 6.02. The fourth-order valence-corrected chi connectivity index (χ4v) is 1.22. The van der Waals surface area contributed by atoms with E-state index in [1.165, 1.54) is 12.1 Å². The zero-order valence-corrected chi connectivity index (χ0v) is 8.41. The Hall–Kier alpha value is -1.51. The topological polar surface area (TPSA) is 17.1 Å². The summed E-state index contributed by atoms with van der Waals surface area (Å²) < 4.78 is 24.7. The van der Waals surface area contributed by atoms with Crippen LogP contribution in [0.5, 0.6) is 0 Å². The summed E-state index contributed by atoms with van der Waals surface area (Å²) in [6.45, 7) is 1.84. The molecule has 0 atom stereocenters. The highest BCUT2D eigenvalue weighted by molar-refractivity contribution is 5.81. The van der Waals surface area contributed by atoms with Gasteiger partial charge in [-0.25, -0.2) is 8.78 Å². The van der Waals surface area contributed by atoms with E-state index in [9.17, 15) is 13.6 Å². The lowest BCUT2D eigenvalue weighted by molar-refractivity contribution is -0.104. The van der Waals surface area contributed by atoms with Gasteiger partial charge in [0.25, 0.3) is 6.43 Å². The van der Waals surface area contributed by atoms with E-state index in [0.29, 0.717) is 17.6 Å². The van der Waals surface area contributed by atoms with Crippen molar-refractivity contribution in [3.8, 4) is 0 Å². The number of carbonyl (C=O) groups excluding carboxylic acids is 1. The van der Waals surface area contributed by atoms with Crippen LogP contribution in [0.1, 0.15) is 30.9 Å². The normalized spacial score (nSPS) is 11.9. The molecule has 0 saturated heterocycles. The largest absolute Gasteiger partial charge is 0.298 e. The Bertz CT molecular complexity index is 370. The maximum absolute atomic E-state index is 12.4. The fourth-order valence-electron chi connectivity index (χ4n) is 1.22. The Morgan fingerprint density at radius 3 is 2.73 bits per heavy atom. The van der Waals surface area contributed by atoms with Gasteiger partial charge in [-0.3, -0.25) is 4.79 Å². The minimum atomic E-state index is -2.47. The van der Waals surface area contributed by atoms with Crippen molar-refractivity contribution in [1.29, 1.82) is 0 Å². The van der Waals surface area contributed by atoms with Gasteiger partial charge in [0, 0.05) is 5.56 Å². The molecule has 1 nitrogen and oxygen atoms in total. The zero-order valence-electron chi connectivity index (χ0n) is 8.41. The summed E-state index contributed by atoms with van der Waals surface area (Å²) in [5, 5.41) is 0. The lowest BCUT2D eigenvalue weighted by Crippen LogP contribution is -1.86. The molecule has 0 N–H and O–H groups in total. The van der Waals surface area contributed by atoms with Crippen molar-refractivity contribution >= 4 is 12.4 Å². The second-order valence-electron chi connectivity index (χ2n) is 3.16. The summed E-state index contributed by atoms with van der Waals surface area (Å²) in [5.41, 5.74) is 1.21. The molecule has 15 heavy (non-hydrogen) atoms. The SMILES string of the molecule is CC/C(C=O)=C/c1cccc(C(F)F)c1. The Kier molecular flexibility index (Phi) is 4.16. The van der Waals surface area contributed by atoms with Crippen LogP contribution in [0.25, 0.3) is 6.08 Å². The molecule has 1 rings (SSSR count). The predicted octanol–water partition coefficient (Wildman–Crippen LogP) is 3.62. The van der Waals surface area contributed by atoms with E-state index < -0.39 is 6.43 Å². The first kappa shape index (κ1) is 11.6. The molecule has 0 unspecified atom stereocenters. The van der Waals surface area contributed by atoms with Gasteiger partial charge in [-0.05, 0) is 29.7 Å². The fraction of sp³-hybridized carbons (Fsp3) is 0.250. The highest BCUT2D eigenvalue weighted by Gasteiger charge is 2.06. The number of hydrogen-bond acceptors (Lipinski definition) is 1. The molecule has 1 aromatic rings. The van der Waals surface area contributed by atoms with Crippen LogP contribution in [0.2, 0.25) is 0 Å². The monoisotopic (exact) mass is 210 g/mol. The minimum Gasteiger partial charge on any atom is -0.298 e. The van der Waals surface area contributed by atoms with Crippen LogP contribution in [-0.2, 0) is 4.79 Å². The minimum absolute atomic E-state index is 0.0231. The van der Waals surface area contributed by atoms with Crippen LogP contribution in [0.3, 0.4) is 0 Å². The maximum atomic E-state index is 12.4. The molecule has 0 aliphatic rings. The van der Waals surface area contributed by atoms with E-state index in [0.717, 1.165) is 6.29 Å². The number of benzene rings is 1. The van der Waals surface area contributed by atoms with Gasteiger partial charge >= 0.3 is 0 Å². The average Bonchev–Trinajstić information content (AvgIpc) is 2.26. The third-order valence-corrected chi connectivity index (χ3v) is 2.07. The molecule has 0 aliphatic heterocycles. The molecular weight excluding hydrogens is 198 g/mol. The maximum Gasteiger partial charge on any atom is 0.263 e. The Balaban J connectivity index is 3.00. The zero-order chi connectivity index (χ0) is 11.3. The summed E-state index contributed by atoms with van der Waals surface area (Å²) in [6.07, 6.45) is 0.496. The highest BCUT2D eigenvalue weighted by Crippen LogP contribution is 2.20. The molecule has 0 heterocycles. The Morgan fingerprint density at radius 2 is 2.20 bits per heavy atom. The van der Waals surface area contributed by atoms with Crippen molar-refractivity contribution in [3.63, 3.8) is 0 Å². The molecule has 80 valence electrons. The van der Waals surface area contributed by atoms with E-state index in [1.54, 1.807) is 18.2 Å². The van der Waals surface area contributed by atoms with Gasteiger partial charge in [0.1, 0.15) is 6.29 Å². The second kappa shape index (κ2) is 5.39. The lowest BCUT2D eigenvalue weighted by Gasteiger charge is -2.01. The summed E-state index contributed by atoms with van der Waals surface area (Å²) in [7, 11) is 0. The van der Waals surface area contributed by atoms with E-state index in [-0.39, 0.29) is 5.56 Å². The standard InChI is InChI=1S/C12H12F2O/c1-2-9(8-15)6-10-4-3-5-11(7-10)12(13)14/h3-8,12H,2H2,1H3/b9-6-. The van der Waals surface area contributed by atoms with Crippen molar-refractivity contribution in [2.75, 3.05) is 0 Å². The van der Waals surface area contributed by atoms with Crippen molar-refractivity contribution in [3.05, 3.63) is 41.0 Å². The van der Waals surface area contributed by atoms with E-state index in [2.05, 4.69) is 0 Å². The van der Waals surface area contributed by atoms with E-state index in [4.69, 9.17) is 0 Å². The van der Waals surface area contributed by atoms with Crippen LogP contribution in [-0.4, -0.2) is 6.29 Å². The van der Waals surface area contributed by atoms with Crippen LogP contribution in [0.4, 0.5) is 8.78 Å². The highest BCUT2D eigenvalue weighted by atomic mass is 19.3. The molecule has 0 aliphatic carbocycles. The third-order valence-electron chi connectivity index (χ3n) is 2.07. The van der Waals surface area contributed by atoms with Gasteiger partial charge in [-0.1, -0.05) is 25.1 Å². The summed E-state index contributed by atoms with van der Waals surface area (Å²) in [5.74, 6) is 0. The molecule has 0 radical (unpaired) electrons. The second-order valence-corrected chi connectivity index (χ2v) is 3.16. The van der Waals surface area contributed by atoms with Gasteiger partial charge in [0.05, 0.1) is 0 Å². The average molecular weight is 210 g/mol. The molecule has 0 aromatic heterocycles. The third kappa shape index (κ3) is 3.27. The van der Waals surface area contributed by atoms with Crippen LogP contribution in [0, 0.1) is 0 Å². The van der Waals surface area contributed by atoms with Gasteiger partial charge in [-0.15, -0.1) is 0 Å². The number of halogens is 2. The van der Waals surface area contributed by atoms with Crippen molar-refractivity contribution in [2.24, 2.45) is 0 Å². The molecule has 1 aromatic carbocycles. The molecule has 0 bridgehead atoms. The number of carbonyl (C=O) groups is 1. The molecule has 0 fully saturated rings. The van der Waals surface area contributed by atoms with Crippen molar-refractivity contribution in [1.82, 2.24) is 0 Å². The smallest absolute Gasteiger partial charge is 0.263 e. The van der Waals surface area contributed by atoms with Crippen molar-refractivity contribution < 1.29 is 13.6 Å². The number of rotatable bonds is 4. The van der Waals surface area contributed by atoms with Crippen LogP contribution in [0.15, 0.2) is 29.8 Å². The van der Waals surface area contributed by atoms with Crippen LogP contribution >= 0.6 is 0 Å². The first-order valence-electron chi connectivity index (χ1n) is 4.71. The molecular formula is C12H12F2O. The van der Waals surface area contributed by atoms with Gasteiger partial charge < -0.3 is 0 Å². The first-order valence-corrected chi connectivity index (χ1v) is 4.71. The number of alkyl halides is 2. The van der Waals surface area contributed by atoms with E-state index in [1.807, 2.05) is 6.92 Å². The number of allylic oxidation sites excluding steroid dienone is 1. The first-order chi connectivity index (χ1) is 7.17. The molecule has 3 heteroatoms. The van der Waals surface area contributed by atoms with Crippen molar-refractivity contribution in [2.45, 2.75) is 19.8 Å². The number of hydrogen-bond donors (Lipinski definition) is 0. The Labute approximate surface area is 87.4 Å². The van der Waals surface area contributed by atoms with Gasteiger partial charge in [0.2, 0.25) is 0 Å². The van der Waals surface area contributed by atoms with E-state index >= 15 is 0 Å². The number of aldehydes is 1. The quantitative estimate of drug-likeness (QED) is 0.548. The Morgan fingerprint density at radius 1 is 1.47 bits per heavy atom. The molecule has 0 amide bonds. The molecule has 0 spiro atoms. The van der Waals surface area contributed by atoms with Crippen LogP contribution < -0.4 is 0 Å². The predicted molar refractivity (Wildman–Crippen MR) is 55.7 cm³/mol. The summed E-state index contributed by atoms with van der Waals surface area (Å²) in [4.78, 5) is 10.5. The summed E-state index contributed by atoms with van der Waals surface area (Å²) >= 11 is 0.